The number of nitrogens with zero attached hydrogens (tertiary/aromatic N) is 1. The summed E-state index contributed by atoms with van der Waals surface area (Å²) >= 11 is 0. The van der Waals surface area contributed by atoms with Crippen LogP contribution in [0.2, 0.25) is 0 Å². The van der Waals surface area contributed by atoms with Crippen LogP contribution >= 0.6 is 0 Å². The van der Waals surface area contributed by atoms with E-state index in [1.54, 1.807) is 0 Å². The van der Waals surface area contributed by atoms with Gasteiger partial charge in [-0.05, 0) is 32.9 Å². The van der Waals surface area contributed by atoms with Crippen molar-refractivity contribution >= 4 is 6.09 Å². The molecule has 1 heterocycles. The first-order chi connectivity index (χ1) is 8.24. The average molecular weight is 238 g/mol. The topological polar surface area (TPSA) is 41.6 Å². The van der Waals surface area contributed by atoms with Crippen molar-refractivity contribution in [1.29, 1.82) is 0 Å². The van der Waals surface area contributed by atoms with Crippen LogP contribution in [0.1, 0.15) is 32.6 Å². The zero-order chi connectivity index (χ0) is 12.5. The molecule has 0 saturated carbocycles. The number of amides is 1. The molecule has 96 valence electrons. The first-order valence-corrected chi connectivity index (χ1v) is 6.31. The second-order valence-corrected chi connectivity index (χ2v) is 4.27. The summed E-state index contributed by atoms with van der Waals surface area (Å²) in [6.45, 7) is 4.54. The van der Waals surface area contributed by atoms with Gasteiger partial charge in [0.05, 0.1) is 6.04 Å². The van der Waals surface area contributed by atoms with Crippen molar-refractivity contribution in [2.24, 2.45) is 0 Å². The minimum absolute atomic E-state index is 0.165. The minimum Gasteiger partial charge on any atom is -0.436 e. The molecule has 1 atom stereocenters. The number of likely N-dealkylation sites (tertiary alicyclic amines) is 1. The molecule has 1 aliphatic heterocycles. The molecule has 0 aromatic rings. The molecule has 4 nitrogen and oxygen atoms in total. The van der Waals surface area contributed by atoms with Crippen LogP contribution in [0.15, 0.2) is 0 Å². The summed E-state index contributed by atoms with van der Waals surface area (Å²) in [6.07, 6.45) is 4.76. The number of carbonyl (C=O) groups is 1. The van der Waals surface area contributed by atoms with Crippen LogP contribution in [0.4, 0.5) is 4.79 Å². The van der Waals surface area contributed by atoms with Gasteiger partial charge in [-0.25, -0.2) is 4.79 Å². The van der Waals surface area contributed by atoms with E-state index in [0.29, 0.717) is 0 Å². The van der Waals surface area contributed by atoms with Gasteiger partial charge >= 0.3 is 6.09 Å². The molecule has 0 bridgehead atoms. The summed E-state index contributed by atoms with van der Waals surface area (Å²) in [6, 6.07) is 0.251. The summed E-state index contributed by atoms with van der Waals surface area (Å²) < 4.78 is 4.81. The van der Waals surface area contributed by atoms with Crippen molar-refractivity contribution in [3.8, 4) is 11.8 Å². The van der Waals surface area contributed by atoms with Gasteiger partial charge in [-0.1, -0.05) is 24.7 Å². The Bertz CT molecular complexity index is 286. The normalized spacial score (nSPS) is 18.5. The van der Waals surface area contributed by atoms with Gasteiger partial charge in [0, 0.05) is 7.05 Å². The summed E-state index contributed by atoms with van der Waals surface area (Å²) in [5.41, 5.74) is 0. The lowest BCUT2D eigenvalue weighted by atomic mass is 10.2. The van der Waals surface area contributed by atoms with E-state index >= 15 is 0 Å². The van der Waals surface area contributed by atoms with E-state index < -0.39 is 6.09 Å². The Morgan fingerprint density at radius 3 is 2.59 bits per heavy atom. The molecule has 0 aliphatic carbocycles. The summed E-state index contributed by atoms with van der Waals surface area (Å²) in [5.74, 6) is 6.02. The summed E-state index contributed by atoms with van der Waals surface area (Å²) in [5, 5.41) is 2.39. The SMILES string of the molecule is CNC(=O)OCC#CC(C)N1CCCCCC1. The van der Waals surface area contributed by atoms with Gasteiger partial charge in [0.15, 0.2) is 6.61 Å². The number of ether oxygens (including phenoxy) is 1. The first kappa shape index (κ1) is 13.9. The zero-order valence-electron chi connectivity index (χ0n) is 10.8. The van der Waals surface area contributed by atoms with E-state index in [4.69, 9.17) is 4.74 Å². The Hall–Kier alpha value is -1.21. The minimum atomic E-state index is -0.429. The molecule has 0 spiro atoms. The highest BCUT2D eigenvalue weighted by molar-refractivity contribution is 5.66. The Labute approximate surface area is 104 Å². The van der Waals surface area contributed by atoms with Crippen molar-refractivity contribution in [2.75, 3.05) is 26.7 Å². The highest BCUT2D eigenvalue weighted by Crippen LogP contribution is 2.11. The molecule has 1 saturated heterocycles. The van der Waals surface area contributed by atoms with Crippen LogP contribution in [0.3, 0.4) is 0 Å². The lowest BCUT2D eigenvalue weighted by Crippen LogP contribution is -2.32. The molecule has 1 unspecified atom stereocenters. The lowest BCUT2D eigenvalue weighted by molar-refractivity contribution is 0.162. The summed E-state index contributed by atoms with van der Waals surface area (Å²) in [4.78, 5) is 13.2. The second kappa shape index (κ2) is 7.97. The van der Waals surface area contributed by atoms with Crippen LogP contribution < -0.4 is 5.32 Å². The molecule has 1 N–H and O–H groups in total. The molecule has 0 radical (unpaired) electrons. The van der Waals surface area contributed by atoms with Gasteiger partial charge < -0.3 is 10.1 Å². The second-order valence-electron chi connectivity index (χ2n) is 4.27. The maximum atomic E-state index is 10.8. The fraction of sp³-hybridized carbons (Fsp3) is 0.769. The molecule has 0 aromatic heterocycles. The highest BCUT2D eigenvalue weighted by Gasteiger charge is 2.13. The number of nitrogens with one attached hydrogen (secondary N) is 1. The van der Waals surface area contributed by atoms with Crippen LogP contribution in [0.5, 0.6) is 0 Å². The highest BCUT2D eigenvalue weighted by atomic mass is 16.5. The van der Waals surface area contributed by atoms with Crippen molar-refractivity contribution in [3.05, 3.63) is 0 Å². The predicted octanol–water partition coefficient (Wildman–Crippen LogP) is 1.61. The third kappa shape index (κ3) is 5.60. The van der Waals surface area contributed by atoms with E-state index in [0.717, 1.165) is 13.1 Å². The van der Waals surface area contributed by atoms with Gasteiger partial charge in [0.2, 0.25) is 0 Å². The fourth-order valence-corrected chi connectivity index (χ4v) is 1.94. The number of alkyl carbamates (subject to hydrolysis) is 1. The molecular formula is C13H22N2O2. The van der Waals surface area contributed by atoms with Crippen LogP contribution in [-0.4, -0.2) is 43.8 Å². The third-order valence-corrected chi connectivity index (χ3v) is 2.98. The molecule has 1 rings (SSSR count). The average Bonchev–Trinajstić information content (AvgIpc) is 2.62. The first-order valence-electron chi connectivity index (χ1n) is 6.31. The Morgan fingerprint density at radius 1 is 1.35 bits per heavy atom. The van der Waals surface area contributed by atoms with Gasteiger partial charge in [0.1, 0.15) is 0 Å². The quantitative estimate of drug-likeness (QED) is 0.743. The molecule has 17 heavy (non-hydrogen) atoms. The fourth-order valence-electron chi connectivity index (χ4n) is 1.94. The Balaban J connectivity index is 2.29. The molecule has 1 amide bonds. The molecule has 0 aromatic carbocycles. The van der Waals surface area contributed by atoms with E-state index in [9.17, 15) is 4.79 Å². The van der Waals surface area contributed by atoms with E-state index in [-0.39, 0.29) is 12.6 Å². The number of rotatable bonds is 2. The number of hydrogen-bond donors (Lipinski definition) is 1. The van der Waals surface area contributed by atoms with Crippen molar-refractivity contribution in [3.63, 3.8) is 0 Å². The third-order valence-electron chi connectivity index (χ3n) is 2.98. The van der Waals surface area contributed by atoms with E-state index in [1.165, 1.54) is 32.7 Å². The maximum Gasteiger partial charge on any atom is 0.407 e. The Kier molecular flexibility index (Phi) is 6.49. The van der Waals surface area contributed by atoms with E-state index in [2.05, 4.69) is 29.0 Å². The number of carbonyl (C=O) groups excluding carboxylic acids is 1. The van der Waals surface area contributed by atoms with Crippen LogP contribution in [0.25, 0.3) is 0 Å². The van der Waals surface area contributed by atoms with Crippen LogP contribution in [0, 0.1) is 11.8 Å². The van der Waals surface area contributed by atoms with E-state index in [1.807, 2.05) is 0 Å². The van der Waals surface area contributed by atoms with Crippen molar-refractivity contribution < 1.29 is 9.53 Å². The van der Waals surface area contributed by atoms with Crippen molar-refractivity contribution in [1.82, 2.24) is 10.2 Å². The van der Waals surface area contributed by atoms with Crippen molar-refractivity contribution in [2.45, 2.75) is 38.6 Å². The van der Waals surface area contributed by atoms with Gasteiger partial charge in [-0.15, -0.1) is 0 Å². The Morgan fingerprint density at radius 2 is 2.00 bits per heavy atom. The maximum absolute atomic E-state index is 10.8. The monoisotopic (exact) mass is 238 g/mol. The summed E-state index contributed by atoms with van der Waals surface area (Å²) in [7, 11) is 1.54. The largest absolute Gasteiger partial charge is 0.436 e. The zero-order valence-corrected chi connectivity index (χ0v) is 10.8. The molecular weight excluding hydrogens is 216 g/mol. The van der Waals surface area contributed by atoms with Gasteiger partial charge in [-0.3, -0.25) is 4.90 Å². The molecule has 1 aliphatic rings. The predicted molar refractivity (Wildman–Crippen MR) is 67.7 cm³/mol. The van der Waals surface area contributed by atoms with Crippen LogP contribution in [-0.2, 0) is 4.74 Å². The van der Waals surface area contributed by atoms with Gasteiger partial charge in [0.25, 0.3) is 0 Å². The van der Waals surface area contributed by atoms with Gasteiger partial charge in [-0.2, -0.15) is 0 Å². The molecule has 4 heteroatoms. The smallest absolute Gasteiger partial charge is 0.407 e. The lowest BCUT2D eigenvalue weighted by Gasteiger charge is -2.23. The molecule has 1 fully saturated rings. The number of hydrogen-bond acceptors (Lipinski definition) is 3. The standard InChI is InChI=1S/C13H22N2O2/c1-12(8-7-11-17-13(16)14-2)15-9-5-3-4-6-10-15/h12H,3-6,9-11H2,1-2H3,(H,14,16).